The van der Waals surface area contributed by atoms with E-state index in [0.29, 0.717) is 33.6 Å². The maximum Gasteiger partial charge on any atom is 0.232 e. The van der Waals surface area contributed by atoms with Crippen LogP contribution in [0.4, 0.5) is 11.4 Å². The van der Waals surface area contributed by atoms with Gasteiger partial charge >= 0.3 is 0 Å². The molecule has 0 aliphatic carbocycles. The van der Waals surface area contributed by atoms with Crippen LogP contribution >= 0.6 is 11.3 Å². The van der Waals surface area contributed by atoms with Crippen molar-refractivity contribution in [3.8, 4) is 16.5 Å². The van der Waals surface area contributed by atoms with Crippen LogP contribution in [-0.4, -0.2) is 32.2 Å². The number of ether oxygens (including phenoxy) is 1. The molecule has 2 N–H and O–H groups in total. The van der Waals surface area contributed by atoms with Crippen LogP contribution < -0.4 is 14.8 Å². The molecular weight excluding hydrogens is 402 g/mol. The zero-order chi connectivity index (χ0) is 20.1. The number of nitrogens with one attached hydrogen (secondary N) is 2. The lowest BCUT2D eigenvalue weighted by atomic mass is 10.2. The molecule has 2 heterocycles. The Hall–Kier alpha value is -2.85. The Morgan fingerprint density at radius 3 is 2.82 bits per heavy atom. The Bertz CT molecular complexity index is 1060. The van der Waals surface area contributed by atoms with Crippen molar-refractivity contribution in [2.45, 2.75) is 13.3 Å². The molecule has 0 saturated carbocycles. The number of carbonyl (C=O) groups excluding carboxylic acids is 1. The molecule has 0 radical (unpaired) electrons. The quantitative estimate of drug-likeness (QED) is 0.577. The van der Waals surface area contributed by atoms with Crippen LogP contribution in [0.3, 0.4) is 0 Å². The Morgan fingerprint density at radius 2 is 2.14 bits per heavy atom. The predicted octanol–water partition coefficient (Wildman–Crippen LogP) is 3.35. The van der Waals surface area contributed by atoms with Crippen LogP contribution in [0.5, 0.6) is 5.75 Å². The molecule has 1 aromatic carbocycles. The summed E-state index contributed by atoms with van der Waals surface area (Å²) in [5.41, 5.74) is 1.43. The second-order valence-electron chi connectivity index (χ2n) is 5.77. The minimum absolute atomic E-state index is 0.0533. The van der Waals surface area contributed by atoms with Crippen molar-refractivity contribution in [2.24, 2.45) is 0 Å². The Balaban J connectivity index is 1.67. The third-order valence-corrected chi connectivity index (χ3v) is 5.95. The fraction of sp³-hybridized carbons (Fsp3) is 0.222. The minimum atomic E-state index is -3.43. The van der Waals surface area contributed by atoms with E-state index in [9.17, 15) is 13.2 Å². The van der Waals surface area contributed by atoms with Crippen molar-refractivity contribution in [3.63, 3.8) is 0 Å². The molecule has 0 aliphatic rings. The number of anilines is 2. The summed E-state index contributed by atoms with van der Waals surface area (Å²) < 4.78 is 36.4. The lowest BCUT2D eigenvalue weighted by molar-refractivity contribution is -0.115. The highest BCUT2D eigenvalue weighted by atomic mass is 32.2. The smallest absolute Gasteiger partial charge is 0.232 e. The molecule has 10 heteroatoms. The Kier molecular flexibility index (Phi) is 6.00. The summed E-state index contributed by atoms with van der Waals surface area (Å²) >= 11 is 1.40. The number of rotatable bonds is 8. The molecule has 0 unspecified atom stereocenters. The Labute approximate surface area is 166 Å². The fourth-order valence-electron chi connectivity index (χ4n) is 2.36. The third kappa shape index (κ3) is 4.90. The minimum Gasteiger partial charge on any atom is -0.494 e. The number of nitrogens with zero attached hydrogens (tertiary/aromatic N) is 1. The maximum atomic E-state index is 12.3. The van der Waals surface area contributed by atoms with E-state index >= 15 is 0 Å². The zero-order valence-corrected chi connectivity index (χ0v) is 16.9. The van der Waals surface area contributed by atoms with Crippen molar-refractivity contribution >= 4 is 38.6 Å². The predicted molar refractivity (Wildman–Crippen MR) is 108 cm³/mol. The van der Waals surface area contributed by atoms with Crippen LogP contribution in [0.25, 0.3) is 10.8 Å². The van der Waals surface area contributed by atoms with Crippen LogP contribution in [0, 0.1) is 0 Å². The van der Waals surface area contributed by atoms with Crippen molar-refractivity contribution in [1.29, 1.82) is 0 Å². The summed E-state index contributed by atoms with van der Waals surface area (Å²) in [6.45, 7) is 1.54. The summed E-state index contributed by atoms with van der Waals surface area (Å²) in [6.07, 6.45) is 1.67. The van der Waals surface area contributed by atoms with Crippen LogP contribution in [0.2, 0.25) is 0 Å². The summed E-state index contributed by atoms with van der Waals surface area (Å²) in [5.74, 6) is 0.665. The van der Waals surface area contributed by atoms with Crippen molar-refractivity contribution in [2.75, 3.05) is 22.9 Å². The summed E-state index contributed by atoms with van der Waals surface area (Å²) in [7, 11) is -2.00. The molecule has 8 nitrogen and oxygen atoms in total. The molecule has 3 aromatic rings. The lowest BCUT2D eigenvalue weighted by Crippen LogP contribution is -2.16. The number of benzene rings is 1. The topological polar surface area (TPSA) is 111 Å². The molecule has 1 amide bonds. The van der Waals surface area contributed by atoms with E-state index in [4.69, 9.17) is 9.15 Å². The number of hydrogen-bond acceptors (Lipinski definition) is 7. The van der Waals surface area contributed by atoms with Gasteiger partial charge < -0.3 is 14.5 Å². The highest BCUT2D eigenvalue weighted by Gasteiger charge is 2.14. The lowest BCUT2D eigenvalue weighted by Gasteiger charge is -2.13. The zero-order valence-electron chi connectivity index (χ0n) is 15.3. The summed E-state index contributed by atoms with van der Waals surface area (Å²) in [5, 5.41) is 5.27. The van der Waals surface area contributed by atoms with E-state index in [1.54, 1.807) is 42.8 Å². The van der Waals surface area contributed by atoms with Gasteiger partial charge in [-0.25, -0.2) is 13.4 Å². The normalized spacial score (nSPS) is 11.2. The molecule has 0 bridgehead atoms. The number of furan rings is 1. The van der Waals surface area contributed by atoms with Gasteiger partial charge in [0, 0.05) is 17.1 Å². The van der Waals surface area contributed by atoms with Crippen LogP contribution in [0.1, 0.15) is 12.6 Å². The monoisotopic (exact) mass is 421 g/mol. The van der Waals surface area contributed by atoms with Gasteiger partial charge in [0.2, 0.25) is 15.9 Å². The van der Waals surface area contributed by atoms with Gasteiger partial charge in [-0.15, -0.1) is 11.3 Å². The van der Waals surface area contributed by atoms with Gasteiger partial charge in [-0.2, -0.15) is 0 Å². The first kappa shape index (κ1) is 19.9. The molecule has 28 heavy (non-hydrogen) atoms. The first-order chi connectivity index (χ1) is 13.4. The number of aromatic nitrogens is 1. The number of methoxy groups -OCH3 is 1. The van der Waals surface area contributed by atoms with Crippen LogP contribution in [0.15, 0.2) is 46.4 Å². The van der Waals surface area contributed by atoms with E-state index in [0.717, 1.165) is 0 Å². The van der Waals surface area contributed by atoms with Crippen molar-refractivity contribution in [1.82, 2.24) is 4.98 Å². The fourth-order valence-corrected chi connectivity index (χ4v) is 3.80. The molecule has 0 fully saturated rings. The van der Waals surface area contributed by atoms with E-state index in [1.807, 2.05) is 6.07 Å². The molecule has 148 valence electrons. The van der Waals surface area contributed by atoms with Gasteiger partial charge in [0.15, 0.2) is 10.8 Å². The number of sulfonamides is 1. The number of carbonyl (C=O) groups is 1. The molecular formula is C18H19N3O5S2. The first-order valence-electron chi connectivity index (χ1n) is 8.37. The SMILES string of the molecule is CCS(=O)(=O)Nc1ccc(NC(=O)Cc2csc(-c3ccco3)n2)cc1OC. The highest BCUT2D eigenvalue weighted by molar-refractivity contribution is 7.92. The summed E-state index contributed by atoms with van der Waals surface area (Å²) in [6, 6.07) is 8.29. The second kappa shape index (κ2) is 8.44. The van der Waals surface area contributed by atoms with Gasteiger partial charge in [-0.3, -0.25) is 9.52 Å². The third-order valence-electron chi connectivity index (χ3n) is 3.76. The van der Waals surface area contributed by atoms with E-state index in [2.05, 4.69) is 15.0 Å². The standard InChI is InChI=1S/C18H19N3O5S2/c1-3-28(23,24)21-14-7-6-12(9-16(14)25-2)19-17(22)10-13-11-27-18(20-13)15-5-4-8-26-15/h4-9,11,21H,3,10H2,1-2H3,(H,19,22). The Morgan fingerprint density at radius 1 is 1.32 bits per heavy atom. The molecule has 0 spiro atoms. The largest absolute Gasteiger partial charge is 0.494 e. The molecule has 0 aliphatic heterocycles. The molecule has 3 rings (SSSR count). The average Bonchev–Trinajstić information content (AvgIpc) is 3.34. The van der Waals surface area contributed by atoms with Crippen molar-refractivity contribution < 1.29 is 22.4 Å². The van der Waals surface area contributed by atoms with Gasteiger partial charge in [-0.05, 0) is 31.2 Å². The van der Waals surface area contributed by atoms with Crippen LogP contribution in [-0.2, 0) is 21.2 Å². The van der Waals surface area contributed by atoms with Gasteiger partial charge in [0.25, 0.3) is 0 Å². The van der Waals surface area contributed by atoms with Gasteiger partial charge in [0.1, 0.15) is 5.75 Å². The first-order valence-corrected chi connectivity index (χ1v) is 10.9. The molecule has 2 aromatic heterocycles. The molecule has 0 saturated heterocycles. The van der Waals surface area contributed by atoms with Gasteiger partial charge in [0.05, 0.1) is 36.9 Å². The number of thiazole rings is 1. The van der Waals surface area contributed by atoms with E-state index < -0.39 is 10.0 Å². The van der Waals surface area contributed by atoms with E-state index in [-0.39, 0.29) is 18.1 Å². The van der Waals surface area contributed by atoms with E-state index in [1.165, 1.54) is 18.4 Å². The number of hydrogen-bond donors (Lipinski definition) is 2. The average molecular weight is 422 g/mol. The number of amides is 1. The summed E-state index contributed by atoms with van der Waals surface area (Å²) in [4.78, 5) is 16.7. The highest BCUT2D eigenvalue weighted by Crippen LogP contribution is 2.29. The van der Waals surface area contributed by atoms with Crippen molar-refractivity contribution in [3.05, 3.63) is 47.7 Å². The van der Waals surface area contributed by atoms with Gasteiger partial charge in [-0.1, -0.05) is 0 Å². The maximum absolute atomic E-state index is 12.3. The molecule has 0 atom stereocenters. The second-order valence-corrected chi connectivity index (χ2v) is 8.64.